The summed E-state index contributed by atoms with van der Waals surface area (Å²) < 4.78 is 11.9. The summed E-state index contributed by atoms with van der Waals surface area (Å²) in [6, 6.07) is 14.4. The van der Waals surface area contributed by atoms with Crippen molar-refractivity contribution < 1.29 is 14.3 Å². The van der Waals surface area contributed by atoms with E-state index in [-0.39, 0.29) is 30.5 Å². The largest absolute Gasteiger partial charge is 0.497 e. The highest BCUT2D eigenvalue weighted by Crippen LogP contribution is 2.29. The van der Waals surface area contributed by atoms with Crippen molar-refractivity contribution in [3.63, 3.8) is 0 Å². The van der Waals surface area contributed by atoms with Crippen LogP contribution in [0.25, 0.3) is 0 Å². The van der Waals surface area contributed by atoms with Gasteiger partial charge < -0.3 is 25.4 Å². The van der Waals surface area contributed by atoms with Crippen molar-refractivity contribution in [3.05, 3.63) is 74.9 Å². The molecule has 0 aliphatic carbocycles. The highest BCUT2D eigenvalue weighted by atomic mass is 16.5. The van der Waals surface area contributed by atoms with Gasteiger partial charge in [-0.3, -0.25) is 19.1 Å². The first-order valence-corrected chi connectivity index (χ1v) is 11.7. The van der Waals surface area contributed by atoms with Crippen LogP contribution in [0.5, 0.6) is 11.5 Å². The normalized spacial score (nSPS) is 10.8. The number of nitrogens with zero attached hydrogens (tertiary/aromatic N) is 2. The van der Waals surface area contributed by atoms with Crippen LogP contribution in [-0.4, -0.2) is 42.8 Å². The van der Waals surface area contributed by atoms with E-state index in [2.05, 4.69) is 10.3 Å². The average Bonchev–Trinajstić information content (AvgIpc) is 2.85. The first-order valence-electron chi connectivity index (χ1n) is 11.7. The molecule has 1 aromatic heterocycles. The maximum absolute atomic E-state index is 13.1. The summed E-state index contributed by atoms with van der Waals surface area (Å²) in [6.07, 6.45) is 0.701. The Labute approximate surface area is 209 Å². The number of nitrogens with one attached hydrogen (secondary N) is 2. The van der Waals surface area contributed by atoms with Gasteiger partial charge in [0.15, 0.2) is 0 Å². The molecule has 2 aromatic carbocycles. The Hall–Kier alpha value is -4.21. The molecule has 0 aliphatic rings. The van der Waals surface area contributed by atoms with Crippen LogP contribution >= 0.6 is 0 Å². The van der Waals surface area contributed by atoms with Crippen LogP contribution in [0.4, 0.5) is 17.2 Å². The molecule has 10 heteroatoms. The van der Waals surface area contributed by atoms with Crippen molar-refractivity contribution >= 4 is 23.1 Å². The Kier molecular flexibility index (Phi) is 8.77. The van der Waals surface area contributed by atoms with Gasteiger partial charge in [0.1, 0.15) is 23.0 Å². The predicted octanol–water partition coefficient (Wildman–Crippen LogP) is 2.68. The molecule has 10 nitrogen and oxygen atoms in total. The molecular weight excluding hydrogens is 462 g/mol. The molecule has 1 amide bonds. The van der Waals surface area contributed by atoms with Gasteiger partial charge in [0.05, 0.1) is 33.0 Å². The van der Waals surface area contributed by atoms with Crippen molar-refractivity contribution in [1.29, 1.82) is 0 Å². The van der Waals surface area contributed by atoms with Gasteiger partial charge in [-0.25, -0.2) is 4.79 Å². The Morgan fingerprint density at radius 1 is 1.11 bits per heavy atom. The SMILES string of the molecule is COc1ccc(OC)c(NC(=O)CN(CCC(C)C)c2c(N)n(Cc3ccccc3)c(=O)[nH]c2=O)c1. The molecule has 0 bridgehead atoms. The minimum Gasteiger partial charge on any atom is -0.497 e. The zero-order chi connectivity index (χ0) is 26.2. The molecule has 0 unspecified atom stereocenters. The predicted molar refractivity (Wildman–Crippen MR) is 141 cm³/mol. The van der Waals surface area contributed by atoms with E-state index in [0.717, 1.165) is 5.56 Å². The second-order valence-electron chi connectivity index (χ2n) is 8.78. The Morgan fingerprint density at radius 3 is 2.47 bits per heavy atom. The third kappa shape index (κ3) is 6.47. The summed E-state index contributed by atoms with van der Waals surface area (Å²) in [5.41, 5.74) is 6.49. The van der Waals surface area contributed by atoms with E-state index in [1.165, 1.54) is 18.8 Å². The molecule has 0 atom stereocenters. The number of carbonyl (C=O) groups is 1. The number of methoxy groups -OCH3 is 2. The molecule has 3 aromatic rings. The number of anilines is 3. The second kappa shape index (κ2) is 12.0. The summed E-state index contributed by atoms with van der Waals surface area (Å²) in [7, 11) is 3.03. The molecule has 192 valence electrons. The Bertz CT molecular complexity index is 1300. The third-order valence-corrected chi connectivity index (χ3v) is 5.71. The van der Waals surface area contributed by atoms with Gasteiger partial charge in [-0.15, -0.1) is 0 Å². The van der Waals surface area contributed by atoms with Crippen LogP contribution in [0, 0.1) is 5.92 Å². The molecule has 36 heavy (non-hydrogen) atoms. The molecule has 1 heterocycles. The van der Waals surface area contributed by atoms with Gasteiger partial charge in [-0.05, 0) is 30.0 Å². The fraction of sp³-hybridized carbons (Fsp3) is 0.346. The van der Waals surface area contributed by atoms with Crippen molar-refractivity contribution in [2.75, 3.05) is 43.3 Å². The Balaban J connectivity index is 1.95. The lowest BCUT2D eigenvalue weighted by molar-refractivity contribution is -0.115. The van der Waals surface area contributed by atoms with Crippen LogP contribution in [0.1, 0.15) is 25.8 Å². The molecule has 0 radical (unpaired) electrons. The van der Waals surface area contributed by atoms with Crippen molar-refractivity contribution in [3.8, 4) is 11.5 Å². The van der Waals surface area contributed by atoms with Crippen molar-refractivity contribution in [2.24, 2.45) is 5.92 Å². The number of H-pyrrole nitrogens is 1. The topological polar surface area (TPSA) is 132 Å². The third-order valence-electron chi connectivity index (χ3n) is 5.71. The number of nitrogen functional groups attached to an aromatic ring is 1. The zero-order valence-corrected chi connectivity index (χ0v) is 21.0. The lowest BCUT2D eigenvalue weighted by Gasteiger charge is -2.26. The number of amides is 1. The van der Waals surface area contributed by atoms with Gasteiger partial charge in [-0.2, -0.15) is 0 Å². The summed E-state index contributed by atoms with van der Waals surface area (Å²) in [4.78, 5) is 42.6. The van der Waals surface area contributed by atoms with Gasteiger partial charge in [0.2, 0.25) is 5.91 Å². The molecule has 0 spiro atoms. The van der Waals surface area contributed by atoms with Crippen molar-refractivity contribution in [2.45, 2.75) is 26.8 Å². The molecule has 0 saturated heterocycles. The van der Waals surface area contributed by atoms with E-state index in [0.29, 0.717) is 36.1 Å². The number of benzene rings is 2. The number of ether oxygens (including phenoxy) is 2. The van der Waals surface area contributed by atoms with E-state index in [1.54, 1.807) is 23.1 Å². The van der Waals surface area contributed by atoms with Crippen LogP contribution in [-0.2, 0) is 11.3 Å². The summed E-state index contributed by atoms with van der Waals surface area (Å²) in [5.74, 6) is 0.945. The monoisotopic (exact) mass is 495 g/mol. The van der Waals surface area contributed by atoms with Gasteiger partial charge in [-0.1, -0.05) is 44.2 Å². The minimum absolute atomic E-state index is 0.00289. The van der Waals surface area contributed by atoms with E-state index in [4.69, 9.17) is 15.2 Å². The fourth-order valence-electron chi connectivity index (χ4n) is 3.76. The standard InChI is InChI=1S/C26H33N5O5/c1-17(2)12-13-30(16-22(32)28-20-14-19(35-3)10-11-21(20)36-4)23-24(27)31(26(34)29-25(23)33)15-18-8-6-5-7-9-18/h5-11,14,17H,12-13,15-16,27H2,1-4H3,(H,28,32)(H,29,33,34). The molecule has 0 aliphatic heterocycles. The highest BCUT2D eigenvalue weighted by Gasteiger charge is 2.22. The molecular formula is C26H33N5O5. The molecule has 0 saturated carbocycles. The Morgan fingerprint density at radius 2 is 1.83 bits per heavy atom. The molecule has 3 rings (SSSR count). The first-order chi connectivity index (χ1) is 17.2. The maximum atomic E-state index is 13.1. The van der Waals surface area contributed by atoms with Gasteiger partial charge in [0, 0.05) is 12.6 Å². The summed E-state index contributed by atoms with van der Waals surface area (Å²) in [5, 5.41) is 2.82. The fourth-order valence-corrected chi connectivity index (χ4v) is 3.76. The minimum atomic E-state index is -0.641. The number of hydrogen-bond donors (Lipinski definition) is 3. The zero-order valence-electron chi connectivity index (χ0n) is 21.0. The van der Waals surface area contributed by atoms with Crippen LogP contribution in [0.2, 0.25) is 0 Å². The van der Waals surface area contributed by atoms with Crippen molar-refractivity contribution in [1.82, 2.24) is 9.55 Å². The van der Waals surface area contributed by atoms with E-state index >= 15 is 0 Å². The average molecular weight is 496 g/mol. The number of rotatable bonds is 11. The second-order valence-corrected chi connectivity index (χ2v) is 8.78. The quantitative estimate of drug-likeness (QED) is 0.373. The number of nitrogens with two attached hydrogens (primary N) is 1. The van der Waals surface area contributed by atoms with E-state index in [1.807, 2.05) is 44.2 Å². The molecule has 0 fully saturated rings. The summed E-state index contributed by atoms with van der Waals surface area (Å²) in [6.45, 7) is 4.49. The first kappa shape index (κ1) is 26.4. The number of aromatic amines is 1. The number of hydrogen-bond acceptors (Lipinski definition) is 7. The van der Waals surface area contributed by atoms with Crippen LogP contribution < -0.4 is 36.7 Å². The number of carbonyl (C=O) groups excluding carboxylic acids is 1. The highest BCUT2D eigenvalue weighted by molar-refractivity contribution is 5.96. The van der Waals surface area contributed by atoms with Gasteiger partial charge in [0.25, 0.3) is 5.56 Å². The van der Waals surface area contributed by atoms with Gasteiger partial charge >= 0.3 is 5.69 Å². The molecule has 4 N–H and O–H groups in total. The van der Waals surface area contributed by atoms with Crippen LogP contribution in [0.15, 0.2) is 58.1 Å². The number of aromatic nitrogens is 2. The smallest absolute Gasteiger partial charge is 0.330 e. The van der Waals surface area contributed by atoms with Crippen LogP contribution in [0.3, 0.4) is 0 Å². The summed E-state index contributed by atoms with van der Waals surface area (Å²) >= 11 is 0. The van der Waals surface area contributed by atoms with E-state index in [9.17, 15) is 14.4 Å². The van der Waals surface area contributed by atoms with E-state index < -0.39 is 11.2 Å². The lowest BCUT2D eigenvalue weighted by Crippen LogP contribution is -2.42. The maximum Gasteiger partial charge on any atom is 0.330 e. The lowest BCUT2D eigenvalue weighted by atomic mass is 10.1.